The van der Waals surface area contributed by atoms with Crippen molar-refractivity contribution in [2.75, 3.05) is 13.2 Å². The molecule has 0 spiro atoms. The molecule has 0 bridgehead atoms. The number of carbonyl (C=O) groups excluding carboxylic acids is 1. The van der Waals surface area contributed by atoms with Crippen molar-refractivity contribution in [3.05, 3.63) is 34.3 Å². The second-order valence-corrected chi connectivity index (χ2v) is 5.92. The number of nitrogens with zero attached hydrogens (tertiary/aromatic N) is 2. The van der Waals surface area contributed by atoms with Crippen molar-refractivity contribution in [1.29, 1.82) is 0 Å². The molecule has 6 nitrogen and oxygen atoms in total. The predicted molar refractivity (Wildman–Crippen MR) is 93.9 cm³/mol. The lowest BCUT2D eigenvalue weighted by atomic mass is 10.1. The van der Waals surface area contributed by atoms with Gasteiger partial charge in [0.1, 0.15) is 4.88 Å². The molecule has 1 aromatic heterocycles. The fraction of sp³-hybridized carbons (Fsp3) is 0.471. The van der Waals surface area contributed by atoms with E-state index in [0.717, 1.165) is 22.8 Å². The molecule has 1 heterocycles. The Morgan fingerprint density at radius 3 is 2.58 bits per heavy atom. The van der Waals surface area contributed by atoms with Crippen molar-refractivity contribution in [3.63, 3.8) is 0 Å². The highest BCUT2D eigenvalue weighted by Crippen LogP contribution is 2.31. The molecule has 1 amide bonds. The molecule has 0 unspecified atom stereocenters. The maximum Gasteiger partial charge on any atom is 0.265 e. The number of benzene rings is 1. The Balaban J connectivity index is 2.15. The lowest BCUT2D eigenvalue weighted by Crippen LogP contribution is -2.26. The number of aryl methyl sites for hydroxylation is 1. The molecule has 0 aliphatic carbocycles. The van der Waals surface area contributed by atoms with Gasteiger partial charge in [-0.1, -0.05) is 17.5 Å². The van der Waals surface area contributed by atoms with Gasteiger partial charge < -0.3 is 14.8 Å². The fourth-order valence-corrected chi connectivity index (χ4v) is 2.95. The van der Waals surface area contributed by atoms with E-state index in [2.05, 4.69) is 14.9 Å². The molecule has 0 radical (unpaired) electrons. The largest absolute Gasteiger partial charge is 0.490 e. The SMILES string of the molecule is CCOc1ccc([C@@H](C)NC(=O)c2snnc2CC)cc1OCC. The van der Waals surface area contributed by atoms with E-state index in [4.69, 9.17) is 9.47 Å². The van der Waals surface area contributed by atoms with Gasteiger partial charge in [0.2, 0.25) is 0 Å². The van der Waals surface area contributed by atoms with Gasteiger partial charge in [-0.3, -0.25) is 4.79 Å². The third kappa shape index (κ3) is 4.23. The predicted octanol–water partition coefficient (Wildman–Crippen LogP) is 3.39. The van der Waals surface area contributed by atoms with E-state index in [1.807, 2.05) is 45.9 Å². The number of nitrogens with one attached hydrogen (secondary N) is 1. The molecule has 0 aliphatic heterocycles. The van der Waals surface area contributed by atoms with Crippen LogP contribution in [0.3, 0.4) is 0 Å². The van der Waals surface area contributed by atoms with Crippen LogP contribution in [0.5, 0.6) is 11.5 Å². The van der Waals surface area contributed by atoms with Gasteiger partial charge in [0, 0.05) is 0 Å². The topological polar surface area (TPSA) is 73.3 Å². The van der Waals surface area contributed by atoms with Crippen molar-refractivity contribution in [2.24, 2.45) is 0 Å². The summed E-state index contributed by atoms with van der Waals surface area (Å²) in [6, 6.07) is 5.55. The number of hydrogen-bond acceptors (Lipinski definition) is 6. The van der Waals surface area contributed by atoms with Crippen molar-refractivity contribution >= 4 is 17.4 Å². The zero-order chi connectivity index (χ0) is 17.5. The lowest BCUT2D eigenvalue weighted by molar-refractivity contribution is 0.0943. The zero-order valence-electron chi connectivity index (χ0n) is 14.5. The summed E-state index contributed by atoms with van der Waals surface area (Å²) in [7, 11) is 0. The van der Waals surface area contributed by atoms with E-state index in [1.54, 1.807) is 0 Å². The van der Waals surface area contributed by atoms with Gasteiger partial charge in [0.05, 0.1) is 24.9 Å². The monoisotopic (exact) mass is 349 g/mol. The zero-order valence-corrected chi connectivity index (χ0v) is 15.3. The van der Waals surface area contributed by atoms with Crippen LogP contribution in [0.2, 0.25) is 0 Å². The summed E-state index contributed by atoms with van der Waals surface area (Å²) in [4.78, 5) is 13.0. The second kappa shape index (κ2) is 8.63. The van der Waals surface area contributed by atoms with Gasteiger partial charge in [-0.05, 0) is 56.4 Å². The molecule has 2 aromatic rings. The van der Waals surface area contributed by atoms with Gasteiger partial charge in [-0.15, -0.1) is 5.10 Å². The van der Waals surface area contributed by atoms with Crippen LogP contribution in [0.1, 0.15) is 54.7 Å². The molecule has 2 rings (SSSR count). The summed E-state index contributed by atoms with van der Waals surface area (Å²) in [5.41, 5.74) is 1.68. The van der Waals surface area contributed by atoms with Gasteiger partial charge in [-0.2, -0.15) is 0 Å². The Labute approximate surface area is 146 Å². The number of rotatable bonds is 8. The van der Waals surface area contributed by atoms with Crippen LogP contribution < -0.4 is 14.8 Å². The minimum atomic E-state index is -0.167. The number of aromatic nitrogens is 2. The number of amides is 1. The number of hydrogen-bond donors (Lipinski definition) is 1. The Morgan fingerprint density at radius 1 is 1.21 bits per heavy atom. The molecule has 0 aliphatic rings. The first-order chi connectivity index (χ1) is 11.6. The molecule has 24 heavy (non-hydrogen) atoms. The normalized spacial score (nSPS) is 11.8. The first-order valence-electron chi connectivity index (χ1n) is 8.12. The quantitative estimate of drug-likeness (QED) is 0.791. The highest BCUT2D eigenvalue weighted by atomic mass is 32.1. The van der Waals surface area contributed by atoms with Gasteiger partial charge in [-0.25, -0.2) is 0 Å². The van der Waals surface area contributed by atoms with Gasteiger partial charge >= 0.3 is 0 Å². The van der Waals surface area contributed by atoms with Crippen LogP contribution in [0.4, 0.5) is 0 Å². The van der Waals surface area contributed by atoms with Crippen molar-refractivity contribution in [3.8, 4) is 11.5 Å². The maximum absolute atomic E-state index is 12.4. The summed E-state index contributed by atoms with van der Waals surface area (Å²) in [5.74, 6) is 1.24. The van der Waals surface area contributed by atoms with Gasteiger partial charge in [0.15, 0.2) is 11.5 Å². The van der Waals surface area contributed by atoms with Crippen LogP contribution in [0.25, 0.3) is 0 Å². The highest BCUT2D eigenvalue weighted by Gasteiger charge is 2.18. The molecular formula is C17H23N3O3S. The summed E-state index contributed by atoms with van der Waals surface area (Å²) >= 11 is 1.12. The minimum absolute atomic E-state index is 0.152. The number of carbonyl (C=O) groups is 1. The Bertz CT molecular complexity index is 687. The van der Waals surface area contributed by atoms with E-state index in [0.29, 0.717) is 36.0 Å². The summed E-state index contributed by atoms with van der Waals surface area (Å²) in [6.45, 7) is 8.87. The molecule has 1 aromatic carbocycles. The molecule has 0 fully saturated rings. The van der Waals surface area contributed by atoms with E-state index in [9.17, 15) is 4.79 Å². The van der Waals surface area contributed by atoms with Crippen molar-refractivity contribution < 1.29 is 14.3 Å². The summed E-state index contributed by atoms with van der Waals surface area (Å²) in [6.07, 6.45) is 0.686. The number of ether oxygens (including phenoxy) is 2. The lowest BCUT2D eigenvalue weighted by Gasteiger charge is -2.17. The molecular weight excluding hydrogens is 326 g/mol. The van der Waals surface area contributed by atoms with Gasteiger partial charge in [0.25, 0.3) is 5.91 Å². The van der Waals surface area contributed by atoms with Crippen LogP contribution in [0, 0.1) is 0 Å². The van der Waals surface area contributed by atoms with Crippen molar-refractivity contribution in [1.82, 2.24) is 14.9 Å². The average Bonchev–Trinajstić information content (AvgIpc) is 3.05. The molecule has 1 atom stereocenters. The molecule has 0 saturated heterocycles. The van der Waals surface area contributed by atoms with E-state index < -0.39 is 0 Å². The molecule has 1 N–H and O–H groups in total. The first kappa shape index (κ1) is 18.2. The fourth-order valence-electron chi connectivity index (χ4n) is 2.29. The second-order valence-electron chi connectivity index (χ2n) is 5.17. The van der Waals surface area contributed by atoms with Crippen LogP contribution >= 0.6 is 11.5 Å². The Hall–Kier alpha value is -2.15. The van der Waals surface area contributed by atoms with Crippen LogP contribution in [-0.4, -0.2) is 28.7 Å². The molecule has 0 saturated carbocycles. The van der Waals surface area contributed by atoms with E-state index in [1.165, 1.54) is 0 Å². The Morgan fingerprint density at radius 2 is 1.92 bits per heavy atom. The van der Waals surface area contributed by atoms with Crippen molar-refractivity contribution in [2.45, 2.75) is 40.2 Å². The minimum Gasteiger partial charge on any atom is -0.490 e. The molecule has 130 valence electrons. The van der Waals surface area contributed by atoms with Crippen LogP contribution in [0.15, 0.2) is 18.2 Å². The van der Waals surface area contributed by atoms with E-state index >= 15 is 0 Å². The highest BCUT2D eigenvalue weighted by molar-refractivity contribution is 7.08. The third-order valence-electron chi connectivity index (χ3n) is 3.51. The maximum atomic E-state index is 12.4. The third-order valence-corrected chi connectivity index (χ3v) is 4.28. The Kier molecular flexibility index (Phi) is 6.54. The average molecular weight is 349 g/mol. The molecule has 7 heteroatoms. The van der Waals surface area contributed by atoms with Crippen LogP contribution in [-0.2, 0) is 6.42 Å². The first-order valence-corrected chi connectivity index (χ1v) is 8.89. The van der Waals surface area contributed by atoms with E-state index in [-0.39, 0.29) is 11.9 Å². The summed E-state index contributed by atoms with van der Waals surface area (Å²) in [5, 5.41) is 6.97. The summed E-state index contributed by atoms with van der Waals surface area (Å²) < 4.78 is 15.1. The smallest absolute Gasteiger partial charge is 0.265 e. The standard InChI is InChI=1S/C17H23N3O3S/c1-5-13-16(24-20-19-13)17(21)18-11(4)12-8-9-14(22-6-2)15(10-12)23-7-3/h8-11H,5-7H2,1-4H3,(H,18,21)/t11-/m1/s1.